The van der Waals surface area contributed by atoms with E-state index in [2.05, 4.69) is 47.1 Å². The van der Waals surface area contributed by atoms with Crippen molar-refractivity contribution in [2.24, 2.45) is 5.73 Å². The molecule has 0 radical (unpaired) electrons. The van der Waals surface area contributed by atoms with E-state index in [1.807, 2.05) is 24.3 Å². The fourth-order valence-corrected chi connectivity index (χ4v) is 2.40. The van der Waals surface area contributed by atoms with Gasteiger partial charge in [-0.25, -0.2) is 0 Å². The molecule has 0 saturated carbocycles. The summed E-state index contributed by atoms with van der Waals surface area (Å²) in [6.07, 6.45) is 3.07. The third-order valence-corrected chi connectivity index (χ3v) is 3.97. The van der Waals surface area contributed by atoms with Crippen LogP contribution in [0.3, 0.4) is 0 Å². The predicted molar refractivity (Wildman–Crippen MR) is 91.6 cm³/mol. The van der Waals surface area contributed by atoms with Crippen LogP contribution in [0.2, 0.25) is 0 Å². The molecule has 0 fully saturated rings. The molecular weight excluding hydrogens is 326 g/mol. The summed E-state index contributed by atoms with van der Waals surface area (Å²) < 4.78 is 6.76. The number of hydrogen-bond acceptors (Lipinski definition) is 2. The van der Waals surface area contributed by atoms with Gasteiger partial charge in [-0.3, -0.25) is 0 Å². The zero-order valence-electron chi connectivity index (χ0n) is 12.4. The molecule has 0 aliphatic heterocycles. The molecule has 0 heterocycles. The Hall–Kier alpha value is -1.32. The molecule has 2 N–H and O–H groups in total. The van der Waals surface area contributed by atoms with E-state index in [0.29, 0.717) is 0 Å². The average molecular weight is 348 g/mol. The van der Waals surface area contributed by atoms with Gasteiger partial charge in [-0.05, 0) is 48.2 Å². The summed E-state index contributed by atoms with van der Waals surface area (Å²) in [7, 11) is 0. The summed E-state index contributed by atoms with van der Waals surface area (Å²) in [5.74, 6) is 0.919. The van der Waals surface area contributed by atoms with Crippen LogP contribution in [0.15, 0.2) is 53.0 Å². The van der Waals surface area contributed by atoms with Crippen molar-refractivity contribution in [3.63, 3.8) is 0 Å². The van der Waals surface area contributed by atoms with Crippen LogP contribution in [-0.4, -0.2) is 6.61 Å². The van der Waals surface area contributed by atoms with E-state index < -0.39 is 0 Å². The van der Waals surface area contributed by atoms with Gasteiger partial charge in [-0.1, -0.05) is 53.5 Å². The summed E-state index contributed by atoms with van der Waals surface area (Å²) in [4.78, 5) is 0. The minimum absolute atomic E-state index is 0.0101. The fourth-order valence-electron chi connectivity index (χ4n) is 2.14. The first kappa shape index (κ1) is 16.1. The molecule has 2 aromatic rings. The Morgan fingerprint density at radius 2 is 1.71 bits per heavy atom. The fraction of sp³-hybridized carbons (Fsp3) is 0.333. The predicted octanol–water partition coefficient (Wildman–Crippen LogP) is 4.87. The van der Waals surface area contributed by atoms with Crippen molar-refractivity contribution in [1.29, 1.82) is 0 Å². The second-order valence-corrected chi connectivity index (χ2v) is 6.12. The molecule has 0 bridgehead atoms. The normalized spacial score (nSPS) is 12.1. The van der Waals surface area contributed by atoms with Crippen molar-refractivity contribution in [3.05, 3.63) is 64.1 Å². The van der Waals surface area contributed by atoms with E-state index in [1.165, 1.54) is 5.56 Å². The maximum absolute atomic E-state index is 6.28. The second kappa shape index (κ2) is 8.20. The third kappa shape index (κ3) is 5.18. The molecule has 0 spiro atoms. The van der Waals surface area contributed by atoms with E-state index in [9.17, 15) is 0 Å². The standard InChI is InChI=1S/C18H22BrNO/c1-2-3-12-21-17-10-6-15(7-11-17)18(20)13-14-4-8-16(19)9-5-14/h4-11,18H,2-3,12-13,20H2,1H3. The summed E-state index contributed by atoms with van der Waals surface area (Å²) in [5, 5.41) is 0. The smallest absolute Gasteiger partial charge is 0.119 e. The molecule has 0 aromatic heterocycles. The first-order valence-electron chi connectivity index (χ1n) is 7.42. The molecule has 1 atom stereocenters. The first-order chi connectivity index (χ1) is 10.2. The molecule has 3 heteroatoms. The van der Waals surface area contributed by atoms with Crippen LogP contribution in [0.5, 0.6) is 5.75 Å². The highest BCUT2D eigenvalue weighted by Crippen LogP contribution is 2.20. The molecule has 1 unspecified atom stereocenters. The Morgan fingerprint density at radius 1 is 1.05 bits per heavy atom. The van der Waals surface area contributed by atoms with Gasteiger partial charge >= 0.3 is 0 Å². The van der Waals surface area contributed by atoms with Crippen molar-refractivity contribution >= 4 is 15.9 Å². The van der Waals surface area contributed by atoms with E-state index >= 15 is 0 Å². The molecule has 0 amide bonds. The molecule has 112 valence electrons. The minimum Gasteiger partial charge on any atom is -0.494 e. The second-order valence-electron chi connectivity index (χ2n) is 5.21. The van der Waals surface area contributed by atoms with Gasteiger partial charge in [0.25, 0.3) is 0 Å². The molecule has 0 aliphatic carbocycles. The minimum atomic E-state index is 0.0101. The Morgan fingerprint density at radius 3 is 2.33 bits per heavy atom. The van der Waals surface area contributed by atoms with Crippen LogP contribution < -0.4 is 10.5 Å². The maximum Gasteiger partial charge on any atom is 0.119 e. The molecule has 0 saturated heterocycles. The number of rotatable bonds is 7. The number of hydrogen-bond donors (Lipinski definition) is 1. The lowest BCUT2D eigenvalue weighted by Gasteiger charge is -2.13. The molecule has 0 aliphatic rings. The van der Waals surface area contributed by atoms with Gasteiger partial charge in [0.1, 0.15) is 5.75 Å². The zero-order valence-corrected chi connectivity index (χ0v) is 14.0. The van der Waals surface area contributed by atoms with Crippen molar-refractivity contribution in [1.82, 2.24) is 0 Å². The Balaban J connectivity index is 1.93. The van der Waals surface area contributed by atoms with Crippen molar-refractivity contribution in [2.45, 2.75) is 32.2 Å². The van der Waals surface area contributed by atoms with E-state index in [4.69, 9.17) is 10.5 Å². The van der Waals surface area contributed by atoms with E-state index in [1.54, 1.807) is 0 Å². The van der Waals surface area contributed by atoms with Crippen LogP contribution in [0.25, 0.3) is 0 Å². The molecular formula is C18H22BrNO. The van der Waals surface area contributed by atoms with Crippen LogP contribution >= 0.6 is 15.9 Å². The topological polar surface area (TPSA) is 35.2 Å². The molecule has 21 heavy (non-hydrogen) atoms. The highest BCUT2D eigenvalue weighted by Gasteiger charge is 2.07. The highest BCUT2D eigenvalue weighted by molar-refractivity contribution is 9.10. The summed E-state index contributed by atoms with van der Waals surface area (Å²) in [6, 6.07) is 16.4. The quantitative estimate of drug-likeness (QED) is 0.725. The van der Waals surface area contributed by atoms with E-state index in [-0.39, 0.29) is 6.04 Å². The van der Waals surface area contributed by atoms with Crippen molar-refractivity contribution in [3.8, 4) is 5.75 Å². The Labute approximate surface area is 135 Å². The molecule has 2 rings (SSSR count). The van der Waals surface area contributed by atoms with Gasteiger partial charge in [0.15, 0.2) is 0 Å². The Bertz CT molecular complexity index is 536. The lowest BCUT2D eigenvalue weighted by molar-refractivity contribution is 0.309. The number of halogens is 1. The van der Waals surface area contributed by atoms with Crippen molar-refractivity contribution in [2.75, 3.05) is 6.61 Å². The average Bonchev–Trinajstić information content (AvgIpc) is 2.50. The highest BCUT2D eigenvalue weighted by atomic mass is 79.9. The molecule has 2 aromatic carbocycles. The van der Waals surface area contributed by atoms with Crippen LogP contribution in [-0.2, 0) is 6.42 Å². The van der Waals surface area contributed by atoms with Gasteiger partial charge in [0.05, 0.1) is 6.61 Å². The van der Waals surface area contributed by atoms with Crippen molar-refractivity contribution < 1.29 is 4.74 Å². The van der Waals surface area contributed by atoms with Crippen LogP contribution in [0, 0.1) is 0 Å². The number of nitrogens with two attached hydrogens (primary N) is 1. The summed E-state index contributed by atoms with van der Waals surface area (Å²) in [6.45, 7) is 2.94. The SMILES string of the molecule is CCCCOc1ccc(C(N)Cc2ccc(Br)cc2)cc1. The number of unbranched alkanes of at least 4 members (excludes halogenated alkanes) is 1. The maximum atomic E-state index is 6.28. The summed E-state index contributed by atoms with van der Waals surface area (Å²) in [5.41, 5.74) is 8.67. The van der Waals surface area contributed by atoms with Gasteiger partial charge in [-0.15, -0.1) is 0 Å². The monoisotopic (exact) mass is 347 g/mol. The largest absolute Gasteiger partial charge is 0.494 e. The summed E-state index contributed by atoms with van der Waals surface area (Å²) >= 11 is 3.45. The van der Waals surface area contributed by atoms with Crippen LogP contribution in [0.4, 0.5) is 0 Å². The van der Waals surface area contributed by atoms with Gasteiger partial charge in [0.2, 0.25) is 0 Å². The zero-order chi connectivity index (χ0) is 15.1. The number of benzene rings is 2. The van der Waals surface area contributed by atoms with Gasteiger partial charge in [-0.2, -0.15) is 0 Å². The van der Waals surface area contributed by atoms with Gasteiger partial charge in [0, 0.05) is 10.5 Å². The molecule has 2 nitrogen and oxygen atoms in total. The Kier molecular flexibility index (Phi) is 6.27. The van der Waals surface area contributed by atoms with Crippen LogP contribution in [0.1, 0.15) is 36.9 Å². The van der Waals surface area contributed by atoms with Gasteiger partial charge < -0.3 is 10.5 Å². The first-order valence-corrected chi connectivity index (χ1v) is 8.21. The number of ether oxygens (including phenoxy) is 1. The van der Waals surface area contributed by atoms with E-state index in [0.717, 1.165) is 41.7 Å². The lowest BCUT2D eigenvalue weighted by atomic mass is 10.00. The lowest BCUT2D eigenvalue weighted by Crippen LogP contribution is -2.13. The third-order valence-electron chi connectivity index (χ3n) is 3.44.